The lowest BCUT2D eigenvalue weighted by Crippen LogP contribution is -2.46. The van der Waals surface area contributed by atoms with E-state index in [9.17, 15) is 14.7 Å². The molecule has 2 aliphatic rings. The lowest BCUT2D eigenvalue weighted by atomic mass is 9.84. The van der Waals surface area contributed by atoms with E-state index in [4.69, 9.17) is 0 Å². The largest absolute Gasteiger partial charge is 0.480 e. The van der Waals surface area contributed by atoms with Gasteiger partial charge in [0.2, 0.25) is 0 Å². The summed E-state index contributed by atoms with van der Waals surface area (Å²) >= 11 is 0. The van der Waals surface area contributed by atoms with Crippen LogP contribution in [0.4, 0.5) is 0 Å². The van der Waals surface area contributed by atoms with Crippen molar-refractivity contribution in [2.75, 3.05) is 0 Å². The summed E-state index contributed by atoms with van der Waals surface area (Å²) < 4.78 is 1.73. The third-order valence-electron chi connectivity index (χ3n) is 5.84. The molecule has 1 aliphatic heterocycles. The summed E-state index contributed by atoms with van der Waals surface area (Å²) in [6.45, 7) is 3.71. The van der Waals surface area contributed by atoms with E-state index in [2.05, 4.69) is 10.1 Å². The molecular formula is C20H24N4O3. The molecule has 4 rings (SSSR count). The molecule has 0 bridgehead atoms. The van der Waals surface area contributed by atoms with Gasteiger partial charge in [-0.05, 0) is 63.3 Å². The molecule has 1 saturated heterocycles. The molecule has 0 unspecified atom stereocenters. The van der Waals surface area contributed by atoms with Crippen LogP contribution >= 0.6 is 0 Å². The first-order chi connectivity index (χ1) is 13.0. The lowest BCUT2D eigenvalue weighted by Gasteiger charge is -2.33. The Morgan fingerprint density at radius 1 is 1.11 bits per heavy atom. The maximum atomic E-state index is 13.2. The first kappa shape index (κ1) is 17.7. The van der Waals surface area contributed by atoms with Gasteiger partial charge in [0.1, 0.15) is 17.7 Å². The fraction of sp³-hybridized carbons (Fsp3) is 0.500. The number of hydrogen-bond donors (Lipinski definition) is 1. The molecule has 142 valence electrons. The zero-order chi connectivity index (χ0) is 19.1. The second-order valence-corrected chi connectivity index (χ2v) is 7.58. The van der Waals surface area contributed by atoms with E-state index >= 15 is 0 Å². The van der Waals surface area contributed by atoms with Crippen LogP contribution < -0.4 is 0 Å². The number of fused-ring (bicyclic) bond motifs is 1. The fourth-order valence-electron chi connectivity index (χ4n) is 4.63. The van der Waals surface area contributed by atoms with Gasteiger partial charge in [0.05, 0.1) is 5.69 Å². The second-order valence-electron chi connectivity index (χ2n) is 7.58. The van der Waals surface area contributed by atoms with Gasteiger partial charge in [0.25, 0.3) is 5.91 Å². The van der Waals surface area contributed by atoms with Crippen LogP contribution in [0.25, 0.3) is 5.69 Å². The Morgan fingerprint density at radius 2 is 1.81 bits per heavy atom. The first-order valence-corrected chi connectivity index (χ1v) is 9.52. The standard InChI is InChI=1S/C20H24N4O3/c1-12-21-13(2)24(22-12)16-9-7-14(8-10-16)19(25)23-17-6-4-3-5-15(17)11-18(23)20(26)27/h7-10,15,17-18H,3-6,11H2,1-2H3,(H,26,27)/t15-,17+,18-/m0/s1. The normalized spacial score (nSPS) is 24.7. The number of nitrogens with zero attached hydrogens (tertiary/aromatic N) is 4. The van der Waals surface area contributed by atoms with Gasteiger partial charge in [-0.15, -0.1) is 0 Å². The van der Waals surface area contributed by atoms with E-state index in [-0.39, 0.29) is 11.9 Å². The molecule has 27 heavy (non-hydrogen) atoms. The van der Waals surface area contributed by atoms with Crippen molar-refractivity contribution in [3.8, 4) is 5.69 Å². The maximum Gasteiger partial charge on any atom is 0.326 e. The summed E-state index contributed by atoms with van der Waals surface area (Å²) in [5, 5.41) is 14.0. The van der Waals surface area contributed by atoms with Gasteiger partial charge in [0.15, 0.2) is 0 Å². The monoisotopic (exact) mass is 368 g/mol. The number of aryl methyl sites for hydroxylation is 2. The predicted molar refractivity (Wildman–Crippen MR) is 98.8 cm³/mol. The topological polar surface area (TPSA) is 88.3 Å². The molecule has 7 heteroatoms. The smallest absolute Gasteiger partial charge is 0.326 e. The van der Waals surface area contributed by atoms with Gasteiger partial charge in [-0.1, -0.05) is 12.8 Å². The molecule has 1 amide bonds. The van der Waals surface area contributed by atoms with E-state index in [1.807, 2.05) is 26.0 Å². The molecule has 1 aromatic heterocycles. The fourth-order valence-corrected chi connectivity index (χ4v) is 4.63. The number of aliphatic carboxylic acids is 1. The van der Waals surface area contributed by atoms with Gasteiger partial charge in [-0.2, -0.15) is 5.10 Å². The minimum atomic E-state index is -0.900. The molecule has 3 atom stereocenters. The van der Waals surface area contributed by atoms with Gasteiger partial charge in [-0.3, -0.25) is 4.79 Å². The van der Waals surface area contributed by atoms with Crippen LogP contribution in [-0.4, -0.2) is 48.7 Å². The third-order valence-corrected chi connectivity index (χ3v) is 5.84. The molecule has 0 radical (unpaired) electrons. The number of hydrogen-bond acceptors (Lipinski definition) is 4. The highest BCUT2D eigenvalue weighted by molar-refractivity contribution is 5.97. The molecule has 2 aromatic rings. The number of rotatable bonds is 3. The number of carbonyl (C=O) groups is 2. The van der Waals surface area contributed by atoms with Gasteiger partial charge in [0, 0.05) is 11.6 Å². The van der Waals surface area contributed by atoms with Crippen LogP contribution in [0.3, 0.4) is 0 Å². The molecule has 1 N–H and O–H groups in total. The number of carboxylic acids is 1. The van der Waals surface area contributed by atoms with Crippen LogP contribution in [0, 0.1) is 19.8 Å². The molecule has 2 heterocycles. The van der Waals surface area contributed by atoms with Crippen molar-refractivity contribution in [2.45, 2.75) is 58.0 Å². The van der Waals surface area contributed by atoms with Gasteiger partial charge in [-0.25, -0.2) is 14.5 Å². The predicted octanol–water partition coefficient (Wildman–Crippen LogP) is 2.74. The summed E-state index contributed by atoms with van der Waals surface area (Å²) in [6, 6.07) is 6.50. The summed E-state index contributed by atoms with van der Waals surface area (Å²) in [6.07, 6.45) is 4.67. The molecule has 1 aliphatic carbocycles. The minimum absolute atomic E-state index is 0.0484. The van der Waals surface area contributed by atoms with Gasteiger partial charge >= 0.3 is 5.97 Å². The van der Waals surface area contributed by atoms with Crippen molar-refractivity contribution in [3.63, 3.8) is 0 Å². The minimum Gasteiger partial charge on any atom is -0.480 e. The second kappa shape index (κ2) is 6.79. The average Bonchev–Trinajstić information content (AvgIpc) is 3.21. The molecular weight excluding hydrogens is 344 g/mol. The van der Waals surface area contributed by atoms with Crippen molar-refractivity contribution in [1.29, 1.82) is 0 Å². The molecule has 1 aromatic carbocycles. The first-order valence-electron chi connectivity index (χ1n) is 9.52. The van der Waals surface area contributed by atoms with Crippen molar-refractivity contribution in [3.05, 3.63) is 41.5 Å². The Hall–Kier alpha value is -2.70. The summed E-state index contributed by atoms with van der Waals surface area (Å²) in [5.74, 6) is 0.696. The van der Waals surface area contributed by atoms with Crippen LogP contribution in [0.15, 0.2) is 24.3 Å². The summed E-state index contributed by atoms with van der Waals surface area (Å²) in [5.41, 5.74) is 1.35. The molecule has 0 spiro atoms. The van der Waals surface area contributed by atoms with Crippen LogP contribution in [-0.2, 0) is 4.79 Å². The van der Waals surface area contributed by atoms with Crippen molar-refractivity contribution >= 4 is 11.9 Å². The van der Waals surface area contributed by atoms with Gasteiger partial charge < -0.3 is 10.0 Å². The lowest BCUT2D eigenvalue weighted by molar-refractivity contribution is -0.141. The SMILES string of the molecule is Cc1nc(C)n(-c2ccc(C(=O)N3[C@@H]4CCCC[C@H]4C[C@H]3C(=O)O)cc2)n1. The number of carbonyl (C=O) groups excluding carboxylic acids is 1. The number of likely N-dealkylation sites (tertiary alicyclic amines) is 1. The Labute approximate surface area is 158 Å². The average molecular weight is 368 g/mol. The van der Waals surface area contributed by atoms with Crippen LogP contribution in [0.1, 0.15) is 54.1 Å². The highest BCUT2D eigenvalue weighted by Crippen LogP contribution is 2.40. The zero-order valence-electron chi connectivity index (χ0n) is 15.6. The third kappa shape index (κ3) is 3.11. The summed E-state index contributed by atoms with van der Waals surface area (Å²) in [4.78, 5) is 30.8. The quantitative estimate of drug-likeness (QED) is 0.900. The number of aromatic nitrogens is 3. The number of benzene rings is 1. The molecule has 1 saturated carbocycles. The Kier molecular flexibility index (Phi) is 4.45. The maximum absolute atomic E-state index is 13.2. The van der Waals surface area contributed by atoms with Crippen molar-refractivity contribution < 1.29 is 14.7 Å². The van der Waals surface area contributed by atoms with E-state index in [1.165, 1.54) is 0 Å². The Balaban J connectivity index is 1.61. The van der Waals surface area contributed by atoms with Crippen molar-refractivity contribution in [2.24, 2.45) is 5.92 Å². The zero-order valence-corrected chi connectivity index (χ0v) is 15.6. The highest BCUT2D eigenvalue weighted by atomic mass is 16.4. The Morgan fingerprint density at radius 3 is 2.44 bits per heavy atom. The number of carboxylic acid groups (broad SMARTS) is 1. The van der Waals surface area contributed by atoms with E-state index in [0.29, 0.717) is 23.7 Å². The molecule has 2 fully saturated rings. The highest BCUT2D eigenvalue weighted by Gasteiger charge is 2.47. The van der Waals surface area contributed by atoms with Crippen LogP contribution in [0.5, 0.6) is 0 Å². The number of amides is 1. The molecule has 7 nitrogen and oxygen atoms in total. The van der Waals surface area contributed by atoms with E-state index in [0.717, 1.165) is 37.2 Å². The summed E-state index contributed by atoms with van der Waals surface area (Å²) in [7, 11) is 0. The van der Waals surface area contributed by atoms with E-state index in [1.54, 1.807) is 21.7 Å². The Bertz CT molecular complexity index is 874. The van der Waals surface area contributed by atoms with Crippen LogP contribution in [0.2, 0.25) is 0 Å². The van der Waals surface area contributed by atoms with Crippen molar-refractivity contribution in [1.82, 2.24) is 19.7 Å². The van der Waals surface area contributed by atoms with E-state index < -0.39 is 12.0 Å².